The molecule has 2 aromatic rings. The molecule has 7 heteroatoms. The fraction of sp³-hybridized carbons (Fsp3) is 0.667. The van der Waals surface area contributed by atoms with Crippen LogP contribution in [0.5, 0.6) is 0 Å². The highest BCUT2D eigenvalue weighted by Crippen LogP contribution is 2.20. The van der Waals surface area contributed by atoms with Crippen LogP contribution in [-0.4, -0.2) is 35.8 Å². The van der Waals surface area contributed by atoms with Crippen LogP contribution in [0.15, 0.2) is 5.16 Å². The van der Waals surface area contributed by atoms with Crippen LogP contribution in [-0.2, 0) is 20.5 Å². The molecular weight excluding hydrogens is 260 g/mol. The van der Waals surface area contributed by atoms with Crippen LogP contribution in [0, 0.1) is 6.92 Å². The Kier molecular flexibility index (Phi) is 4.24. The zero-order valence-electron chi connectivity index (χ0n) is 12.1. The molecule has 0 aliphatic carbocycles. The Labute approximate surface area is 117 Å². The lowest BCUT2D eigenvalue weighted by molar-refractivity contribution is 0.569. The Morgan fingerprint density at radius 3 is 2.53 bits per heavy atom. The summed E-state index contributed by atoms with van der Waals surface area (Å²) in [6, 6.07) is 0. The molecule has 2 aromatic heterocycles. The topological polar surface area (TPSA) is 61.4 Å². The smallest absolute Gasteiger partial charge is 0.190 e. The molecule has 0 spiro atoms. The lowest BCUT2D eigenvalue weighted by Crippen LogP contribution is -2.07. The number of thioether (sulfide) groups is 1. The quantitative estimate of drug-likeness (QED) is 0.780. The molecule has 0 aromatic carbocycles. The maximum Gasteiger partial charge on any atom is 0.190 e. The summed E-state index contributed by atoms with van der Waals surface area (Å²) in [7, 11) is 3.96. The van der Waals surface area contributed by atoms with E-state index in [1.165, 1.54) is 0 Å². The Balaban J connectivity index is 2.02. The van der Waals surface area contributed by atoms with Gasteiger partial charge in [0.15, 0.2) is 5.16 Å². The van der Waals surface area contributed by atoms with Crippen molar-refractivity contribution in [1.82, 2.24) is 29.5 Å². The van der Waals surface area contributed by atoms with Crippen LogP contribution in [0.3, 0.4) is 0 Å². The zero-order chi connectivity index (χ0) is 14.0. The van der Waals surface area contributed by atoms with Crippen molar-refractivity contribution in [2.24, 2.45) is 14.1 Å². The van der Waals surface area contributed by atoms with Crippen LogP contribution in [0.2, 0.25) is 0 Å². The maximum absolute atomic E-state index is 4.47. The van der Waals surface area contributed by atoms with E-state index in [2.05, 4.69) is 31.8 Å². The minimum atomic E-state index is 0.362. The summed E-state index contributed by atoms with van der Waals surface area (Å²) < 4.78 is 3.92. The van der Waals surface area contributed by atoms with Gasteiger partial charge in [-0.15, -0.1) is 10.2 Å². The van der Waals surface area contributed by atoms with Crippen molar-refractivity contribution in [3.63, 3.8) is 0 Å². The molecule has 104 valence electrons. The summed E-state index contributed by atoms with van der Waals surface area (Å²) in [5.41, 5.74) is 0. The Hall–Kier alpha value is -1.37. The van der Waals surface area contributed by atoms with Gasteiger partial charge in [0.25, 0.3) is 0 Å². The minimum Gasteiger partial charge on any atom is -0.309 e. The first-order chi connectivity index (χ1) is 9.02. The van der Waals surface area contributed by atoms with Gasteiger partial charge < -0.3 is 4.57 Å². The standard InChI is InChI=1S/C12H20N6S/c1-8(11-13-9(2)16-18(11)4)6-7-10-14-15-12(19-5)17(10)3/h8H,6-7H2,1-5H3. The van der Waals surface area contributed by atoms with Crippen LogP contribution >= 0.6 is 11.8 Å². The van der Waals surface area contributed by atoms with Crippen molar-refractivity contribution in [3.05, 3.63) is 17.5 Å². The summed E-state index contributed by atoms with van der Waals surface area (Å²) in [6.07, 6.45) is 3.90. The van der Waals surface area contributed by atoms with E-state index in [4.69, 9.17) is 0 Å². The Morgan fingerprint density at radius 1 is 1.26 bits per heavy atom. The van der Waals surface area contributed by atoms with E-state index >= 15 is 0 Å². The molecule has 2 heterocycles. The molecule has 0 saturated carbocycles. The van der Waals surface area contributed by atoms with Gasteiger partial charge in [-0.25, -0.2) is 4.98 Å². The number of hydrogen-bond donors (Lipinski definition) is 0. The van der Waals surface area contributed by atoms with Gasteiger partial charge in [0, 0.05) is 26.4 Å². The van der Waals surface area contributed by atoms with E-state index in [1.807, 2.05) is 32.0 Å². The second-order valence-corrected chi connectivity index (χ2v) is 5.52. The van der Waals surface area contributed by atoms with Crippen molar-refractivity contribution in [1.29, 1.82) is 0 Å². The lowest BCUT2D eigenvalue weighted by atomic mass is 10.0. The summed E-state index contributed by atoms with van der Waals surface area (Å²) in [6.45, 7) is 4.10. The average Bonchev–Trinajstić information content (AvgIpc) is 2.89. The highest BCUT2D eigenvalue weighted by Gasteiger charge is 2.15. The van der Waals surface area contributed by atoms with Crippen molar-refractivity contribution in [2.75, 3.05) is 6.26 Å². The fourth-order valence-corrected chi connectivity index (χ4v) is 2.67. The molecule has 0 amide bonds. The molecule has 19 heavy (non-hydrogen) atoms. The van der Waals surface area contributed by atoms with Crippen molar-refractivity contribution < 1.29 is 0 Å². The first kappa shape index (κ1) is 14.0. The van der Waals surface area contributed by atoms with E-state index in [-0.39, 0.29) is 0 Å². The van der Waals surface area contributed by atoms with Gasteiger partial charge in [-0.1, -0.05) is 18.7 Å². The minimum absolute atomic E-state index is 0.362. The molecule has 1 unspecified atom stereocenters. The fourth-order valence-electron chi connectivity index (χ4n) is 2.17. The van der Waals surface area contributed by atoms with Crippen LogP contribution in [0.4, 0.5) is 0 Å². The summed E-state index contributed by atoms with van der Waals surface area (Å²) >= 11 is 1.62. The van der Waals surface area contributed by atoms with E-state index in [1.54, 1.807) is 11.8 Å². The maximum atomic E-state index is 4.47. The predicted octanol–water partition coefficient (Wildman–Crippen LogP) is 1.71. The lowest BCUT2D eigenvalue weighted by Gasteiger charge is -2.09. The number of aryl methyl sites for hydroxylation is 3. The third kappa shape index (κ3) is 2.97. The second-order valence-electron chi connectivity index (χ2n) is 4.74. The summed E-state index contributed by atoms with van der Waals surface area (Å²) in [5.74, 6) is 3.24. The molecule has 0 bridgehead atoms. The number of rotatable bonds is 5. The molecular formula is C12H20N6S. The number of hydrogen-bond acceptors (Lipinski definition) is 5. The monoisotopic (exact) mass is 280 g/mol. The van der Waals surface area contributed by atoms with Crippen LogP contribution in [0.1, 0.15) is 36.7 Å². The average molecular weight is 280 g/mol. The normalized spacial score (nSPS) is 12.9. The SMILES string of the molecule is CSc1nnc(CCC(C)c2nc(C)nn2C)n1C. The van der Waals surface area contributed by atoms with Gasteiger partial charge in [0.2, 0.25) is 0 Å². The van der Waals surface area contributed by atoms with E-state index < -0.39 is 0 Å². The third-order valence-electron chi connectivity index (χ3n) is 3.25. The molecule has 0 aliphatic rings. The van der Waals surface area contributed by atoms with Crippen molar-refractivity contribution in [2.45, 2.75) is 37.8 Å². The van der Waals surface area contributed by atoms with Gasteiger partial charge >= 0.3 is 0 Å². The summed E-state index contributed by atoms with van der Waals surface area (Å²) in [5, 5.41) is 13.6. The predicted molar refractivity (Wildman–Crippen MR) is 75.3 cm³/mol. The highest BCUT2D eigenvalue weighted by molar-refractivity contribution is 7.98. The molecule has 0 saturated heterocycles. The second kappa shape index (κ2) is 5.73. The molecule has 0 aliphatic heterocycles. The van der Waals surface area contributed by atoms with Gasteiger partial charge in [0.1, 0.15) is 17.5 Å². The van der Waals surface area contributed by atoms with Gasteiger partial charge in [-0.2, -0.15) is 5.10 Å². The molecule has 0 N–H and O–H groups in total. The Morgan fingerprint density at radius 2 is 2.00 bits per heavy atom. The van der Waals surface area contributed by atoms with Crippen LogP contribution < -0.4 is 0 Å². The highest BCUT2D eigenvalue weighted by atomic mass is 32.2. The van der Waals surface area contributed by atoms with Crippen molar-refractivity contribution in [3.8, 4) is 0 Å². The molecule has 1 atom stereocenters. The van der Waals surface area contributed by atoms with E-state index in [0.717, 1.165) is 35.5 Å². The molecule has 0 fully saturated rings. The molecule has 2 rings (SSSR count). The molecule has 6 nitrogen and oxygen atoms in total. The van der Waals surface area contributed by atoms with Gasteiger partial charge in [-0.3, -0.25) is 4.68 Å². The summed E-state index contributed by atoms with van der Waals surface area (Å²) in [4.78, 5) is 4.47. The van der Waals surface area contributed by atoms with Gasteiger partial charge in [-0.05, 0) is 19.6 Å². The first-order valence-corrected chi connectivity index (χ1v) is 7.55. The first-order valence-electron chi connectivity index (χ1n) is 6.32. The van der Waals surface area contributed by atoms with Gasteiger partial charge in [0.05, 0.1) is 0 Å². The zero-order valence-corrected chi connectivity index (χ0v) is 12.9. The third-order valence-corrected chi connectivity index (χ3v) is 3.97. The number of aromatic nitrogens is 6. The van der Waals surface area contributed by atoms with Crippen molar-refractivity contribution >= 4 is 11.8 Å². The largest absolute Gasteiger partial charge is 0.309 e. The molecule has 0 radical (unpaired) electrons. The van der Waals surface area contributed by atoms with E-state index in [9.17, 15) is 0 Å². The number of nitrogens with zero attached hydrogens (tertiary/aromatic N) is 6. The Bertz CT molecular complexity index is 559. The van der Waals surface area contributed by atoms with Crippen LogP contribution in [0.25, 0.3) is 0 Å². The van der Waals surface area contributed by atoms with E-state index in [0.29, 0.717) is 5.92 Å².